The zero-order valence-electron chi connectivity index (χ0n) is 6.30. The first-order chi connectivity index (χ1) is 5.69. The molecule has 58 valence electrons. The second-order valence-corrected chi connectivity index (χ2v) is 3.22. The number of hydrogen-bond acceptors (Lipinski definition) is 3. The summed E-state index contributed by atoms with van der Waals surface area (Å²) in [5.74, 6) is 0. The van der Waals surface area contributed by atoms with E-state index in [-0.39, 0.29) is 0 Å². The van der Waals surface area contributed by atoms with Gasteiger partial charge < -0.3 is 0 Å². The van der Waals surface area contributed by atoms with Gasteiger partial charge in [0, 0.05) is 5.69 Å². The third kappa shape index (κ3) is 1.54. The van der Waals surface area contributed by atoms with Gasteiger partial charge in [-0.1, -0.05) is 0 Å². The number of halogens is 1. The lowest BCUT2D eigenvalue weighted by Crippen LogP contribution is -1.94. The summed E-state index contributed by atoms with van der Waals surface area (Å²) in [7, 11) is 0. The van der Waals surface area contributed by atoms with E-state index in [1.54, 1.807) is 13.0 Å². The number of aryl methyl sites for hydroxylation is 1. The van der Waals surface area contributed by atoms with Gasteiger partial charge in [0.25, 0.3) is 0 Å². The molecule has 0 saturated carbocycles. The highest BCUT2D eigenvalue weighted by Crippen LogP contribution is 2.14. The van der Waals surface area contributed by atoms with Crippen molar-refractivity contribution in [2.75, 3.05) is 0 Å². The van der Waals surface area contributed by atoms with E-state index in [1.807, 2.05) is 34.7 Å². The van der Waals surface area contributed by atoms with E-state index < -0.39 is 0 Å². The number of hydrogen-bond donors (Lipinski definition) is 0. The summed E-state index contributed by atoms with van der Waals surface area (Å²) in [6, 6.07) is 5.52. The van der Waals surface area contributed by atoms with Crippen molar-refractivity contribution in [3.05, 3.63) is 26.6 Å². The second-order valence-electron chi connectivity index (χ2n) is 2.20. The fraction of sp³-hybridized carbons (Fsp3) is 0.125. The number of nitrogens with zero attached hydrogens (tertiary/aromatic N) is 3. The summed E-state index contributed by atoms with van der Waals surface area (Å²) in [4.78, 5) is 4.07. The molecule has 1 heterocycles. The van der Waals surface area contributed by atoms with Gasteiger partial charge in [0.1, 0.15) is 21.4 Å². The maximum absolute atomic E-state index is 8.68. The van der Waals surface area contributed by atoms with Crippen LogP contribution in [0.2, 0.25) is 0 Å². The number of aromatic nitrogens is 1. The zero-order valence-corrected chi connectivity index (χ0v) is 8.45. The minimum atomic E-state index is 0.365. The van der Waals surface area contributed by atoms with Gasteiger partial charge in [0.15, 0.2) is 0 Å². The van der Waals surface area contributed by atoms with Crippen LogP contribution >= 0.6 is 22.6 Å². The van der Waals surface area contributed by atoms with Crippen molar-refractivity contribution < 1.29 is 0 Å². The summed E-state index contributed by atoms with van der Waals surface area (Å²) in [6.07, 6.45) is 0. The normalized spacial score (nSPS) is 8.67. The lowest BCUT2D eigenvalue weighted by molar-refractivity contribution is 1.14. The molecule has 0 bridgehead atoms. The van der Waals surface area contributed by atoms with Gasteiger partial charge in [0.05, 0.1) is 5.56 Å². The van der Waals surface area contributed by atoms with Gasteiger partial charge in [-0.3, -0.25) is 0 Å². The Morgan fingerprint density at radius 2 is 2.08 bits per heavy atom. The van der Waals surface area contributed by atoms with E-state index in [0.717, 1.165) is 5.69 Å². The van der Waals surface area contributed by atoms with Crippen molar-refractivity contribution in [2.45, 2.75) is 6.92 Å². The van der Waals surface area contributed by atoms with Crippen molar-refractivity contribution in [1.82, 2.24) is 4.98 Å². The molecule has 0 aliphatic heterocycles. The van der Waals surface area contributed by atoms with Crippen LogP contribution in [0.5, 0.6) is 0 Å². The monoisotopic (exact) mass is 269 g/mol. The third-order valence-corrected chi connectivity index (χ3v) is 2.12. The molecule has 0 amide bonds. The third-order valence-electron chi connectivity index (χ3n) is 1.34. The molecule has 3 nitrogen and oxygen atoms in total. The Balaban J connectivity index is 3.50. The molecule has 0 aromatic carbocycles. The van der Waals surface area contributed by atoms with Gasteiger partial charge in [-0.2, -0.15) is 10.5 Å². The average Bonchev–Trinajstić information content (AvgIpc) is 2.03. The number of nitriles is 2. The molecule has 0 aliphatic rings. The Hall–Kier alpha value is -1.14. The van der Waals surface area contributed by atoms with Crippen LogP contribution in [0.3, 0.4) is 0 Å². The SMILES string of the molecule is Cc1cc(C#N)c(C#N)c(I)n1. The molecule has 0 unspecified atom stereocenters. The quantitative estimate of drug-likeness (QED) is 0.532. The second kappa shape index (κ2) is 3.51. The molecule has 0 saturated heterocycles. The lowest BCUT2D eigenvalue weighted by atomic mass is 10.1. The predicted molar refractivity (Wildman–Crippen MR) is 51.1 cm³/mol. The van der Waals surface area contributed by atoms with Crippen LogP contribution in [0.4, 0.5) is 0 Å². The Morgan fingerprint density at radius 1 is 1.42 bits per heavy atom. The molecule has 12 heavy (non-hydrogen) atoms. The van der Waals surface area contributed by atoms with E-state index in [2.05, 4.69) is 4.98 Å². The fourth-order valence-corrected chi connectivity index (χ4v) is 1.62. The van der Waals surface area contributed by atoms with Crippen LogP contribution in [0.15, 0.2) is 6.07 Å². The van der Waals surface area contributed by atoms with Gasteiger partial charge in [-0.05, 0) is 35.6 Å². The molecule has 0 spiro atoms. The minimum absolute atomic E-state index is 0.365. The molecule has 1 aromatic rings. The van der Waals surface area contributed by atoms with Crippen molar-refractivity contribution >= 4 is 22.6 Å². The van der Waals surface area contributed by atoms with E-state index in [0.29, 0.717) is 14.8 Å². The maximum Gasteiger partial charge on any atom is 0.120 e. The topological polar surface area (TPSA) is 60.5 Å². The van der Waals surface area contributed by atoms with Crippen molar-refractivity contribution in [2.24, 2.45) is 0 Å². The number of rotatable bonds is 0. The van der Waals surface area contributed by atoms with Crippen LogP contribution in [0.25, 0.3) is 0 Å². The Labute approximate surface area is 83.8 Å². The summed E-state index contributed by atoms with van der Waals surface area (Å²) in [6.45, 7) is 1.80. The summed E-state index contributed by atoms with van der Waals surface area (Å²) in [5, 5.41) is 17.3. The smallest absolute Gasteiger partial charge is 0.120 e. The number of pyridine rings is 1. The van der Waals surface area contributed by atoms with Crippen LogP contribution in [-0.4, -0.2) is 4.98 Å². The van der Waals surface area contributed by atoms with Gasteiger partial charge in [-0.15, -0.1) is 0 Å². The van der Waals surface area contributed by atoms with E-state index in [1.165, 1.54) is 0 Å². The molecule has 1 aromatic heterocycles. The van der Waals surface area contributed by atoms with Crippen LogP contribution in [0, 0.1) is 33.3 Å². The first-order valence-corrected chi connectivity index (χ1v) is 4.24. The van der Waals surface area contributed by atoms with Gasteiger partial charge >= 0.3 is 0 Å². The van der Waals surface area contributed by atoms with Crippen LogP contribution in [0.1, 0.15) is 16.8 Å². The minimum Gasteiger partial charge on any atom is -0.246 e. The first kappa shape index (κ1) is 8.95. The Morgan fingerprint density at radius 3 is 2.58 bits per heavy atom. The highest BCUT2D eigenvalue weighted by molar-refractivity contribution is 14.1. The van der Waals surface area contributed by atoms with E-state index in [4.69, 9.17) is 10.5 Å². The highest BCUT2D eigenvalue weighted by Gasteiger charge is 2.07. The standard InChI is InChI=1S/C8H4IN3/c1-5-2-6(3-10)7(4-11)8(9)12-5/h2H,1H3. The lowest BCUT2D eigenvalue weighted by Gasteiger charge is -1.98. The van der Waals surface area contributed by atoms with Crippen molar-refractivity contribution in [3.63, 3.8) is 0 Å². The highest BCUT2D eigenvalue weighted by atomic mass is 127. The molecule has 0 radical (unpaired) electrons. The molecule has 4 heteroatoms. The fourth-order valence-electron chi connectivity index (χ4n) is 0.830. The Kier molecular flexibility index (Phi) is 2.61. The molecule has 0 aliphatic carbocycles. The molecular formula is C8H4IN3. The van der Waals surface area contributed by atoms with Gasteiger partial charge in [-0.25, -0.2) is 4.98 Å². The molecule has 1 rings (SSSR count). The van der Waals surface area contributed by atoms with Gasteiger partial charge in [0.2, 0.25) is 0 Å². The summed E-state index contributed by atoms with van der Waals surface area (Å²) in [5.41, 5.74) is 1.52. The van der Waals surface area contributed by atoms with Crippen LogP contribution in [-0.2, 0) is 0 Å². The zero-order chi connectivity index (χ0) is 9.14. The maximum atomic E-state index is 8.68. The van der Waals surface area contributed by atoms with Crippen LogP contribution < -0.4 is 0 Å². The van der Waals surface area contributed by atoms with E-state index >= 15 is 0 Å². The predicted octanol–water partition coefficient (Wildman–Crippen LogP) is 1.74. The van der Waals surface area contributed by atoms with Crippen molar-refractivity contribution in [3.8, 4) is 12.1 Å². The molecular weight excluding hydrogens is 265 g/mol. The van der Waals surface area contributed by atoms with E-state index in [9.17, 15) is 0 Å². The molecule has 0 atom stereocenters. The summed E-state index contributed by atoms with van der Waals surface area (Å²) < 4.78 is 0.589. The molecule has 0 fully saturated rings. The Bertz CT molecular complexity index is 398. The van der Waals surface area contributed by atoms with Crippen molar-refractivity contribution in [1.29, 1.82) is 10.5 Å². The largest absolute Gasteiger partial charge is 0.246 e. The average molecular weight is 269 g/mol. The molecule has 0 N–H and O–H groups in total. The first-order valence-electron chi connectivity index (χ1n) is 3.16. The summed E-state index contributed by atoms with van der Waals surface area (Å²) >= 11 is 1.95.